The van der Waals surface area contributed by atoms with Crippen LogP contribution >= 0.6 is 0 Å². The molecule has 0 spiro atoms. The van der Waals surface area contributed by atoms with Gasteiger partial charge in [-0.15, -0.1) is 0 Å². The zero-order valence-corrected chi connectivity index (χ0v) is 7.23. The maximum Gasteiger partial charge on any atom is 0.348 e. The first-order valence-corrected chi connectivity index (χ1v) is 3.86. The van der Waals surface area contributed by atoms with Crippen molar-refractivity contribution in [3.63, 3.8) is 0 Å². The van der Waals surface area contributed by atoms with Crippen LogP contribution in [-0.4, -0.2) is 19.2 Å². The number of fused-ring (bicyclic) bond motifs is 1. The van der Waals surface area contributed by atoms with Gasteiger partial charge in [-0.25, -0.2) is 4.98 Å². The van der Waals surface area contributed by atoms with Crippen LogP contribution in [0.4, 0.5) is 11.5 Å². The Morgan fingerprint density at radius 3 is 2.60 bits per heavy atom. The van der Waals surface area contributed by atoms with Gasteiger partial charge in [0.2, 0.25) is 0 Å². The summed E-state index contributed by atoms with van der Waals surface area (Å²) >= 11 is 0. The van der Waals surface area contributed by atoms with Crippen LogP contribution in [0.3, 0.4) is 0 Å². The summed E-state index contributed by atoms with van der Waals surface area (Å²) < 4.78 is 1.07. The van der Waals surface area contributed by atoms with E-state index in [4.69, 9.17) is 0 Å². The molecule has 0 saturated heterocycles. The van der Waals surface area contributed by atoms with E-state index in [-0.39, 0.29) is 17.2 Å². The molecule has 0 radical (unpaired) electrons. The third kappa shape index (κ3) is 1.27. The molecule has 0 aliphatic carbocycles. The van der Waals surface area contributed by atoms with Gasteiger partial charge in [-0.05, 0) is 11.0 Å². The molecule has 0 unspecified atom stereocenters. The van der Waals surface area contributed by atoms with Crippen molar-refractivity contribution in [2.75, 3.05) is 0 Å². The molecule has 0 bridgehead atoms. The highest BCUT2D eigenvalue weighted by atomic mass is 16.6. The van der Waals surface area contributed by atoms with E-state index in [9.17, 15) is 20.2 Å². The zero-order chi connectivity index (χ0) is 11.0. The topological polar surface area (TPSA) is 104 Å². The Morgan fingerprint density at radius 1 is 1.27 bits per heavy atom. The second kappa shape index (κ2) is 3.01. The van der Waals surface area contributed by atoms with Crippen LogP contribution in [0.5, 0.6) is 0 Å². The molecular formula is C7H4N4O4. The van der Waals surface area contributed by atoms with Crippen LogP contribution in [0.25, 0.3) is 5.65 Å². The van der Waals surface area contributed by atoms with Gasteiger partial charge in [-0.3, -0.25) is 10.1 Å². The minimum atomic E-state index is -0.649. The van der Waals surface area contributed by atoms with Gasteiger partial charge in [0.15, 0.2) is 0 Å². The summed E-state index contributed by atoms with van der Waals surface area (Å²) in [5.41, 5.74) is -0.292. The van der Waals surface area contributed by atoms with E-state index >= 15 is 0 Å². The SMILES string of the molecule is O=[N+]([O-])c1cccn2c([N+](=O)[O-])cnc12. The first-order valence-electron chi connectivity index (χ1n) is 3.86. The highest BCUT2D eigenvalue weighted by Gasteiger charge is 2.22. The average molecular weight is 208 g/mol. The fourth-order valence-corrected chi connectivity index (χ4v) is 1.26. The molecular weight excluding hydrogens is 204 g/mol. The van der Waals surface area contributed by atoms with Crippen molar-refractivity contribution in [2.24, 2.45) is 0 Å². The van der Waals surface area contributed by atoms with Crippen LogP contribution < -0.4 is 0 Å². The quantitative estimate of drug-likeness (QED) is 0.543. The van der Waals surface area contributed by atoms with Crippen LogP contribution in [0.2, 0.25) is 0 Å². The molecule has 8 nitrogen and oxygen atoms in total. The molecule has 76 valence electrons. The molecule has 0 aliphatic heterocycles. The lowest BCUT2D eigenvalue weighted by Crippen LogP contribution is -1.96. The van der Waals surface area contributed by atoms with E-state index in [2.05, 4.69) is 4.98 Å². The van der Waals surface area contributed by atoms with Crippen molar-refractivity contribution in [3.05, 3.63) is 44.8 Å². The van der Waals surface area contributed by atoms with Crippen molar-refractivity contribution in [3.8, 4) is 0 Å². The average Bonchev–Trinajstić information content (AvgIpc) is 2.59. The Morgan fingerprint density at radius 2 is 2.00 bits per heavy atom. The molecule has 15 heavy (non-hydrogen) atoms. The Hall–Kier alpha value is -2.51. The summed E-state index contributed by atoms with van der Waals surface area (Å²) in [6, 6.07) is 2.60. The van der Waals surface area contributed by atoms with Gasteiger partial charge >= 0.3 is 17.2 Å². The molecule has 0 fully saturated rings. The first kappa shape index (κ1) is 9.06. The minimum Gasteiger partial charge on any atom is -0.358 e. The van der Waals surface area contributed by atoms with Gasteiger partial charge < -0.3 is 10.1 Å². The minimum absolute atomic E-state index is 0.0331. The summed E-state index contributed by atoms with van der Waals surface area (Å²) in [4.78, 5) is 23.5. The maximum absolute atomic E-state index is 10.6. The smallest absolute Gasteiger partial charge is 0.348 e. The molecule has 0 N–H and O–H groups in total. The number of rotatable bonds is 2. The third-order valence-electron chi connectivity index (χ3n) is 1.88. The van der Waals surface area contributed by atoms with Crippen molar-refractivity contribution in [1.82, 2.24) is 9.38 Å². The molecule has 2 rings (SSSR count). The maximum atomic E-state index is 10.6. The van der Waals surface area contributed by atoms with Crippen LogP contribution in [0.15, 0.2) is 24.5 Å². The third-order valence-corrected chi connectivity index (χ3v) is 1.88. The van der Waals surface area contributed by atoms with Crippen molar-refractivity contribution >= 4 is 17.2 Å². The molecule has 0 saturated carbocycles. The predicted octanol–water partition coefficient (Wildman–Crippen LogP) is 1.15. The fourth-order valence-electron chi connectivity index (χ4n) is 1.26. The van der Waals surface area contributed by atoms with Gasteiger partial charge in [0.1, 0.15) is 6.20 Å². The number of aromatic nitrogens is 2. The van der Waals surface area contributed by atoms with E-state index < -0.39 is 9.85 Å². The van der Waals surface area contributed by atoms with Gasteiger partial charge in [0, 0.05) is 6.07 Å². The van der Waals surface area contributed by atoms with E-state index in [0.29, 0.717) is 0 Å². The first-order chi connectivity index (χ1) is 7.11. The lowest BCUT2D eigenvalue weighted by Gasteiger charge is -1.92. The number of pyridine rings is 1. The summed E-state index contributed by atoms with van der Waals surface area (Å²) in [5.74, 6) is -0.297. The van der Waals surface area contributed by atoms with Gasteiger partial charge in [0.25, 0.3) is 0 Å². The number of nitro groups is 2. The number of hydrogen-bond acceptors (Lipinski definition) is 5. The zero-order valence-electron chi connectivity index (χ0n) is 7.23. The molecule has 0 amide bonds. The van der Waals surface area contributed by atoms with Gasteiger partial charge in [0.05, 0.1) is 11.1 Å². The summed E-state index contributed by atoms with van der Waals surface area (Å²) in [5, 5.41) is 21.1. The van der Waals surface area contributed by atoms with Gasteiger partial charge in [-0.1, -0.05) is 0 Å². The fraction of sp³-hybridized carbons (Fsp3) is 0. The highest BCUT2D eigenvalue weighted by molar-refractivity contribution is 5.61. The predicted molar refractivity (Wildman–Crippen MR) is 48.5 cm³/mol. The Bertz CT molecular complexity index is 561. The van der Waals surface area contributed by atoms with Crippen molar-refractivity contribution in [2.45, 2.75) is 0 Å². The molecule has 8 heteroatoms. The Balaban J connectivity index is 2.80. The Kier molecular flexibility index (Phi) is 1.82. The molecule has 0 aliphatic rings. The molecule has 2 aromatic rings. The number of imidazole rings is 1. The monoisotopic (exact) mass is 208 g/mol. The van der Waals surface area contributed by atoms with E-state index in [0.717, 1.165) is 10.6 Å². The number of nitrogens with zero attached hydrogens (tertiary/aromatic N) is 4. The lowest BCUT2D eigenvalue weighted by molar-refractivity contribution is -0.391. The Labute approximate surface area is 82.1 Å². The summed E-state index contributed by atoms with van der Waals surface area (Å²) in [6.45, 7) is 0. The molecule has 0 atom stereocenters. The highest BCUT2D eigenvalue weighted by Crippen LogP contribution is 2.22. The molecule has 0 aromatic carbocycles. The van der Waals surface area contributed by atoms with E-state index in [1.807, 2.05) is 0 Å². The lowest BCUT2D eigenvalue weighted by atomic mass is 10.4. The largest absolute Gasteiger partial charge is 0.358 e. The summed E-state index contributed by atoms with van der Waals surface area (Å²) in [6.07, 6.45) is 2.34. The van der Waals surface area contributed by atoms with E-state index in [1.165, 1.54) is 18.3 Å². The van der Waals surface area contributed by atoms with Crippen LogP contribution in [-0.2, 0) is 0 Å². The number of hydrogen-bond donors (Lipinski definition) is 0. The standard InChI is InChI=1S/C7H4N4O4/c12-10(13)5-2-1-3-9-6(11(14)15)4-8-7(5)9/h1-4H. The summed E-state index contributed by atoms with van der Waals surface area (Å²) in [7, 11) is 0. The molecule has 2 heterocycles. The second-order valence-corrected chi connectivity index (χ2v) is 2.72. The normalized spacial score (nSPS) is 10.4. The van der Waals surface area contributed by atoms with Crippen LogP contribution in [0, 0.1) is 20.2 Å². The van der Waals surface area contributed by atoms with E-state index in [1.54, 1.807) is 0 Å². The van der Waals surface area contributed by atoms with Crippen LogP contribution in [0.1, 0.15) is 0 Å². The molecule has 2 aromatic heterocycles. The van der Waals surface area contributed by atoms with Crippen molar-refractivity contribution in [1.29, 1.82) is 0 Å². The van der Waals surface area contributed by atoms with Gasteiger partial charge in [-0.2, -0.15) is 4.40 Å². The van der Waals surface area contributed by atoms with Crippen molar-refractivity contribution < 1.29 is 9.85 Å². The second-order valence-electron chi connectivity index (χ2n) is 2.72.